The highest BCUT2D eigenvalue weighted by atomic mass is 35.5. The van der Waals surface area contributed by atoms with Crippen LogP contribution in [0.1, 0.15) is 12.8 Å². The first-order valence-electron chi connectivity index (χ1n) is 7.88. The van der Waals surface area contributed by atoms with Crippen LogP contribution >= 0.6 is 34.5 Å². The second kappa shape index (κ2) is 8.08. The van der Waals surface area contributed by atoms with Gasteiger partial charge in [-0.25, -0.2) is 4.79 Å². The summed E-state index contributed by atoms with van der Waals surface area (Å²) in [6, 6.07) is 8.46. The van der Waals surface area contributed by atoms with Crippen LogP contribution in [0.15, 0.2) is 35.7 Å². The summed E-state index contributed by atoms with van der Waals surface area (Å²) in [6.07, 6.45) is 1.51. The number of amides is 3. The van der Waals surface area contributed by atoms with E-state index >= 15 is 0 Å². The van der Waals surface area contributed by atoms with Gasteiger partial charge in [-0.15, -0.1) is 11.3 Å². The normalized spacial score (nSPS) is 17.2. The zero-order chi connectivity index (χ0) is 17.8. The fraction of sp³-hybridized carbons (Fsp3) is 0.294. The minimum absolute atomic E-state index is 0.155. The standard InChI is InChI=1S/C17H17Cl2N3O2S/c18-12-5-6-13(19)14(9-12)20-16(23)11-3-1-7-22(10-11)17(24)21-15-4-2-8-25-15/h2,4-6,8-9,11H,1,3,7,10H2,(H,20,23)(H,21,24). The number of likely N-dealkylation sites (tertiary alicyclic amines) is 1. The minimum atomic E-state index is -0.280. The van der Waals surface area contributed by atoms with Crippen molar-refractivity contribution in [2.45, 2.75) is 12.8 Å². The molecule has 0 aliphatic carbocycles. The molecule has 5 nitrogen and oxygen atoms in total. The van der Waals surface area contributed by atoms with Crippen molar-refractivity contribution < 1.29 is 9.59 Å². The van der Waals surface area contributed by atoms with Crippen molar-refractivity contribution in [1.82, 2.24) is 4.90 Å². The molecule has 3 amide bonds. The number of piperidine rings is 1. The van der Waals surface area contributed by atoms with Crippen LogP contribution in [0.3, 0.4) is 0 Å². The number of carbonyl (C=O) groups is 2. The molecular formula is C17H17Cl2N3O2S. The molecular weight excluding hydrogens is 381 g/mol. The van der Waals surface area contributed by atoms with Crippen molar-refractivity contribution in [1.29, 1.82) is 0 Å². The molecule has 1 aliphatic rings. The molecule has 2 heterocycles. The van der Waals surface area contributed by atoms with Gasteiger partial charge in [0.15, 0.2) is 0 Å². The van der Waals surface area contributed by atoms with Crippen LogP contribution in [0.25, 0.3) is 0 Å². The van der Waals surface area contributed by atoms with Gasteiger partial charge < -0.3 is 10.2 Å². The lowest BCUT2D eigenvalue weighted by atomic mass is 9.97. The van der Waals surface area contributed by atoms with Crippen LogP contribution in [0.4, 0.5) is 15.5 Å². The van der Waals surface area contributed by atoms with Crippen LogP contribution in [0, 0.1) is 5.92 Å². The van der Waals surface area contributed by atoms with Gasteiger partial charge >= 0.3 is 6.03 Å². The van der Waals surface area contributed by atoms with Gasteiger partial charge in [-0.2, -0.15) is 0 Å². The highest BCUT2D eigenvalue weighted by Crippen LogP contribution is 2.27. The Morgan fingerprint density at radius 2 is 2.04 bits per heavy atom. The van der Waals surface area contributed by atoms with Crippen LogP contribution < -0.4 is 10.6 Å². The Hall–Kier alpha value is -1.76. The van der Waals surface area contributed by atoms with Crippen molar-refractivity contribution in [3.8, 4) is 0 Å². The van der Waals surface area contributed by atoms with Gasteiger partial charge in [-0.1, -0.05) is 23.2 Å². The maximum atomic E-state index is 12.5. The number of halogens is 2. The monoisotopic (exact) mass is 397 g/mol. The molecule has 8 heteroatoms. The Morgan fingerprint density at radius 3 is 2.80 bits per heavy atom. The lowest BCUT2D eigenvalue weighted by molar-refractivity contribution is -0.121. The largest absolute Gasteiger partial charge is 0.324 e. The van der Waals surface area contributed by atoms with Crippen molar-refractivity contribution in [3.05, 3.63) is 45.8 Å². The van der Waals surface area contributed by atoms with Crippen LogP contribution in [0.5, 0.6) is 0 Å². The number of thiophene rings is 1. The van der Waals surface area contributed by atoms with Crippen molar-refractivity contribution in [3.63, 3.8) is 0 Å². The SMILES string of the molecule is O=C(Nc1cc(Cl)ccc1Cl)C1CCCN(C(=O)Nc2cccs2)C1. The van der Waals surface area contributed by atoms with Crippen LogP contribution in [-0.2, 0) is 4.79 Å². The zero-order valence-electron chi connectivity index (χ0n) is 13.3. The van der Waals surface area contributed by atoms with Crippen molar-refractivity contribution in [2.24, 2.45) is 5.92 Å². The van der Waals surface area contributed by atoms with Gasteiger partial charge in [0.05, 0.1) is 21.6 Å². The lowest BCUT2D eigenvalue weighted by Gasteiger charge is -2.32. The first kappa shape index (κ1) is 18.0. The minimum Gasteiger partial charge on any atom is -0.324 e. The maximum Gasteiger partial charge on any atom is 0.322 e. The molecule has 1 unspecified atom stereocenters. The molecule has 1 atom stereocenters. The van der Waals surface area contributed by atoms with E-state index in [9.17, 15) is 9.59 Å². The number of rotatable bonds is 3. The van der Waals surface area contributed by atoms with E-state index in [2.05, 4.69) is 10.6 Å². The zero-order valence-corrected chi connectivity index (χ0v) is 15.6. The van der Waals surface area contributed by atoms with E-state index in [1.807, 2.05) is 17.5 Å². The fourth-order valence-corrected chi connectivity index (χ4v) is 3.68. The summed E-state index contributed by atoms with van der Waals surface area (Å²) in [6.45, 7) is 1.01. The number of benzene rings is 1. The molecule has 1 fully saturated rings. The van der Waals surface area contributed by atoms with E-state index in [1.165, 1.54) is 11.3 Å². The number of carbonyl (C=O) groups excluding carboxylic acids is 2. The molecule has 0 radical (unpaired) electrons. The number of hydrogen-bond acceptors (Lipinski definition) is 3. The van der Waals surface area contributed by atoms with E-state index in [0.717, 1.165) is 17.8 Å². The van der Waals surface area contributed by atoms with E-state index in [1.54, 1.807) is 23.1 Å². The maximum absolute atomic E-state index is 12.5. The van der Waals surface area contributed by atoms with Gasteiger partial charge in [0.25, 0.3) is 0 Å². The summed E-state index contributed by atoms with van der Waals surface area (Å²) in [7, 11) is 0. The van der Waals surface area contributed by atoms with Gasteiger partial charge in [-0.3, -0.25) is 10.1 Å². The molecule has 1 saturated heterocycles. The highest BCUT2D eigenvalue weighted by Gasteiger charge is 2.29. The van der Waals surface area contributed by atoms with E-state index in [0.29, 0.717) is 28.8 Å². The summed E-state index contributed by atoms with van der Waals surface area (Å²) in [5.74, 6) is -0.435. The Bertz CT molecular complexity index is 767. The van der Waals surface area contributed by atoms with E-state index in [-0.39, 0.29) is 17.9 Å². The number of urea groups is 1. The molecule has 0 spiro atoms. The van der Waals surface area contributed by atoms with Gasteiger partial charge in [0.1, 0.15) is 0 Å². The van der Waals surface area contributed by atoms with Gasteiger partial charge in [0, 0.05) is 18.1 Å². The molecule has 1 aromatic heterocycles. The quantitative estimate of drug-likeness (QED) is 0.770. The summed E-state index contributed by atoms with van der Waals surface area (Å²) in [4.78, 5) is 26.6. The number of hydrogen-bond donors (Lipinski definition) is 2. The average molecular weight is 398 g/mol. The predicted octanol–water partition coefficient (Wildman–Crippen LogP) is 4.94. The molecule has 2 N–H and O–H groups in total. The van der Waals surface area contributed by atoms with Crippen molar-refractivity contribution >= 4 is 57.2 Å². The molecule has 0 bridgehead atoms. The Morgan fingerprint density at radius 1 is 1.20 bits per heavy atom. The Kier molecular flexibility index (Phi) is 5.83. The first-order valence-corrected chi connectivity index (χ1v) is 9.52. The summed E-state index contributed by atoms with van der Waals surface area (Å²) >= 11 is 13.5. The third-order valence-electron chi connectivity index (χ3n) is 4.02. The van der Waals surface area contributed by atoms with Gasteiger partial charge in [-0.05, 0) is 48.6 Å². The third kappa shape index (κ3) is 4.66. The Labute approximate surface area is 159 Å². The lowest BCUT2D eigenvalue weighted by Crippen LogP contribution is -2.45. The second-order valence-corrected chi connectivity index (χ2v) is 7.60. The molecule has 1 aliphatic heterocycles. The summed E-state index contributed by atoms with van der Waals surface area (Å²) in [5, 5.41) is 9.29. The molecule has 3 rings (SSSR count). The van der Waals surface area contributed by atoms with Crippen LogP contribution in [-0.4, -0.2) is 29.9 Å². The highest BCUT2D eigenvalue weighted by molar-refractivity contribution is 7.14. The van der Waals surface area contributed by atoms with E-state index in [4.69, 9.17) is 23.2 Å². The molecule has 2 aromatic rings. The Balaban J connectivity index is 1.61. The number of nitrogens with one attached hydrogen (secondary N) is 2. The average Bonchev–Trinajstić information content (AvgIpc) is 3.11. The third-order valence-corrected chi connectivity index (χ3v) is 5.37. The number of nitrogens with zero attached hydrogens (tertiary/aromatic N) is 1. The van der Waals surface area contributed by atoms with Gasteiger partial charge in [0.2, 0.25) is 5.91 Å². The molecule has 25 heavy (non-hydrogen) atoms. The first-order chi connectivity index (χ1) is 12.0. The predicted molar refractivity (Wildman–Crippen MR) is 103 cm³/mol. The molecule has 0 saturated carbocycles. The van der Waals surface area contributed by atoms with Crippen LogP contribution in [0.2, 0.25) is 10.0 Å². The fourth-order valence-electron chi connectivity index (χ4n) is 2.74. The molecule has 1 aromatic carbocycles. The summed E-state index contributed by atoms with van der Waals surface area (Å²) in [5.41, 5.74) is 0.485. The topological polar surface area (TPSA) is 61.4 Å². The van der Waals surface area contributed by atoms with Crippen molar-refractivity contribution in [2.75, 3.05) is 23.7 Å². The summed E-state index contributed by atoms with van der Waals surface area (Å²) < 4.78 is 0. The molecule has 132 valence electrons. The second-order valence-electron chi connectivity index (χ2n) is 5.81. The number of anilines is 2. The van der Waals surface area contributed by atoms with E-state index < -0.39 is 0 Å². The smallest absolute Gasteiger partial charge is 0.322 e.